The van der Waals surface area contributed by atoms with E-state index in [1.54, 1.807) is 24.3 Å². The number of hydrogen-bond acceptors (Lipinski definition) is 5. The average molecular weight is 363 g/mol. The fourth-order valence-electron chi connectivity index (χ4n) is 2.96. The van der Waals surface area contributed by atoms with Gasteiger partial charge in [0.05, 0.1) is 13.2 Å². The van der Waals surface area contributed by atoms with Crippen LogP contribution in [0.1, 0.15) is 5.69 Å². The van der Waals surface area contributed by atoms with E-state index >= 15 is 0 Å². The van der Waals surface area contributed by atoms with E-state index in [0.717, 1.165) is 10.6 Å². The van der Waals surface area contributed by atoms with Crippen LogP contribution in [-0.2, 0) is 10.9 Å². The van der Waals surface area contributed by atoms with Crippen molar-refractivity contribution in [3.8, 4) is 11.4 Å². The van der Waals surface area contributed by atoms with Gasteiger partial charge in [0.25, 0.3) is 0 Å². The van der Waals surface area contributed by atoms with Gasteiger partial charge in [-0.3, -0.25) is 0 Å². The second kappa shape index (κ2) is 6.17. The molecule has 1 saturated heterocycles. The van der Waals surface area contributed by atoms with Crippen LogP contribution in [0.25, 0.3) is 16.9 Å². The van der Waals surface area contributed by atoms with E-state index in [9.17, 15) is 13.2 Å². The molecule has 3 aromatic rings. The van der Waals surface area contributed by atoms with Crippen molar-refractivity contribution in [2.45, 2.75) is 6.18 Å². The Morgan fingerprint density at radius 3 is 2.35 bits per heavy atom. The number of fused-ring (bicyclic) bond motifs is 1. The quantitative estimate of drug-likeness (QED) is 0.709. The molecule has 0 radical (unpaired) electrons. The zero-order chi connectivity index (χ0) is 18.3. The summed E-state index contributed by atoms with van der Waals surface area (Å²) in [5.74, 6) is 0.673. The molecule has 1 aromatic carbocycles. The molecule has 136 valence electrons. The number of alkyl halides is 3. The second-order valence-corrected chi connectivity index (χ2v) is 5.99. The third-order valence-electron chi connectivity index (χ3n) is 4.26. The van der Waals surface area contributed by atoms with Crippen molar-refractivity contribution < 1.29 is 17.9 Å². The van der Waals surface area contributed by atoms with Crippen LogP contribution >= 0.6 is 0 Å². The fourth-order valence-corrected chi connectivity index (χ4v) is 2.96. The van der Waals surface area contributed by atoms with Gasteiger partial charge in [-0.25, -0.2) is 9.50 Å². The van der Waals surface area contributed by atoms with Crippen molar-refractivity contribution in [1.82, 2.24) is 14.6 Å². The lowest BCUT2D eigenvalue weighted by molar-refractivity contribution is -0.142. The maximum absolute atomic E-state index is 13.4. The molecular formula is C17H16F3N5O. The Morgan fingerprint density at radius 1 is 1.00 bits per heavy atom. The maximum Gasteiger partial charge on any atom is 0.433 e. The Labute approximate surface area is 147 Å². The summed E-state index contributed by atoms with van der Waals surface area (Å²) in [6, 6.07) is 9.14. The summed E-state index contributed by atoms with van der Waals surface area (Å²) in [6.45, 7) is 2.11. The molecule has 4 rings (SSSR count). The largest absolute Gasteiger partial charge is 0.433 e. The molecule has 1 fully saturated rings. The van der Waals surface area contributed by atoms with Gasteiger partial charge in [0.1, 0.15) is 11.2 Å². The highest BCUT2D eigenvalue weighted by Crippen LogP contribution is 2.33. The van der Waals surface area contributed by atoms with E-state index in [4.69, 9.17) is 10.5 Å². The van der Waals surface area contributed by atoms with Crippen molar-refractivity contribution >= 4 is 17.0 Å². The second-order valence-electron chi connectivity index (χ2n) is 5.99. The molecule has 0 atom stereocenters. The molecule has 0 amide bonds. The topological polar surface area (TPSA) is 68.7 Å². The number of anilines is 2. The number of nitrogens with zero attached hydrogens (tertiary/aromatic N) is 4. The van der Waals surface area contributed by atoms with Crippen LogP contribution < -0.4 is 10.6 Å². The molecule has 0 saturated carbocycles. The SMILES string of the molecule is Nc1ccc(-c2nc(N3CCOCC3)c3ccc(C(F)(F)F)n3n2)cc1. The fraction of sp³-hybridized carbons (Fsp3) is 0.294. The number of morpholine rings is 1. The lowest BCUT2D eigenvalue weighted by Gasteiger charge is -2.28. The molecule has 0 bridgehead atoms. The molecule has 3 heterocycles. The molecule has 9 heteroatoms. The number of rotatable bonds is 2. The number of halogens is 3. The summed E-state index contributed by atoms with van der Waals surface area (Å²) in [6.07, 6.45) is -4.51. The van der Waals surface area contributed by atoms with Gasteiger partial charge in [-0.2, -0.15) is 13.2 Å². The summed E-state index contributed by atoms with van der Waals surface area (Å²) in [4.78, 5) is 6.47. The van der Waals surface area contributed by atoms with E-state index in [2.05, 4.69) is 10.1 Å². The lowest BCUT2D eigenvalue weighted by atomic mass is 10.2. The number of ether oxygens (including phenoxy) is 1. The summed E-state index contributed by atoms with van der Waals surface area (Å²) >= 11 is 0. The molecule has 1 aliphatic rings. The highest BCUT2D eigenvalue weighted by Gasteiger charge is 2.35. The van der Waals surface area contributed by atoms with Gasteiger partial charge < -0.3 is 15.4 Å². The minimum atomic E-state index is -4.51. The number of nitrogen functional groups attached to an aromatic ring is 1. The van der Waals surface area contributed by atoms with Crippen LogP contribution in [-0.4, -0.2) is 40.9 Å². The maximum atomic E-state index is 13.4. The van der Waals surface area contributed by atoms with Gasteiger partial charge in [-0.1, -0.05) is 0 Å². The van der Waals surface area contributed by atoms with Gasteiger partial charge >= 0.3 is 6.18 Å². The van der Waals surface area contributed by atoms with Crippen LogP contribution in [0.2, 0.25) is 0 Å². The van der Waals surface area contributed by atoms with Gasteiger partial charge in [-0.05, 0) is 36.4 Å². The first kappa shape index (κ1) is 16.6. The minimum Gasteiger partial charge on any atom is -0.399 e. The molecule has 0 aliphatic carbocycles. The Morgan fingerprint density at radius 2 is 1.69 bits per heavy atom. The predicted molar refractivity (Wildman–Crippen MR) is 90.9 cm³/mol. The highest BCUT2D eigenvalue weighted by molar-refractivity contribution is 5.73. The van der Waals surface area contributed by atoms with E-state index < -0.39 is 11.9 Å². The predicted octanol–water partition coefficient (Wildman–Crippen LogP) is 2.83. The Kier molecular flexibility index (Phi) is 3.95. The first-order chi connectivity index (χ1) is 12.4. The third kappa shape index (κ3) is 2.94. The van der Waals surface area contributed by atoms with Crippen LogP contribution in [0.5, 0.6) is 0 Å². The van der Waals surface area contributed by atoms with Crippen molar-refractivity contribution in [3.05, 3.63) is 42.1 Å². The average Bonchev–Trinajstić information content (AvgIpc) is 3.06. The van der Waals surface area contributed by atoms with Crippen molar-refractivity contribution in [2.24, 2.45) is 0 Å². The van der Waals surface area contributed by atoms with E-state index in [1.165, 1.54) is 6.07 Å². The zero-order valence-electron chi connectivity index (χ0n) is 13.7. The Bertz CT molecular complexity index is 930. The monoisotopic (exact) mass is 363 g/mol. The molecule has 0 spiro atoms. The standard InChI is InChI=1S/C17H16F3N5O/c18-17(19,20)14-6-5-13-16(24-7-9-26-10-8-24)22-15(23-25(13)14)11-1-3-12(21)4-2-11/h1-6H,7-10,21H2. The van der Waals surface area contributed by atoms with Crippen LogP contribution in [0.3, 0.4) is 0 Å². The van der Waals surface area contributed by atoms with Crippen LogP contribution in [0.4, 0.5) is 24.7 Å². The molecule has 26 heavy (non-hydrogen) atoms. The van der Waals surface area contributed by atoms with Crippen molar-refractivity contribution in [2.75, 3.05) is 36.9 Å². The molecule has 0 unspecified atom stereocenters. The number of hydrogen-bond donors (Lipinski definition) is 1. The summed E-state index contributed by atoms with van der Waals surface area (Å²) in [7, 11) is 0. The van der Waals surface area contributed by atoms with E-state index in [1.807, 2.05) is 4.90 Å². The van der Waals surface area contributed by atoms with Gasteiger partial charge in [0.15, 0.2) is 11.6 Å². The van der Waals surface area contributed by atoms with Crippen molar-refractivity contribution in [3.63, 3.8) is 0 Å². The number of aromatic nitrogens is 3. The van der Waals surface area contributed by atoms with Gasteiger partial charge in [0, 0.05) is 24.3 Å². The van der Waals surface area contributed by atoms with Crippen LogP contribution in [0, 0.1) is 0 Å². The molecule has 2 aromatic heterocycles. The number of nitrogens with two attached hydrogens (primary N) is 1. The van der Waals surface area contributed by atoms with E-state index in [-0.39, 0.29) is 5.82 Å². The summed E-state index contributed by atoms with van der Waals surface area (Å²) in [5, 5.41) is 4.14. The smallest absolute Gasteiger partial charge is 0.399 e. The zero-order valence-corrected chi connectivity index (χ0v) is 13.7. The first-order valence-corrected chi connectivity index (χ1v) is 8.09. The highest BCUT2D eigenvalue weighted by atomic mass is 19.4. The van der Waals surface area contributed by atoms with Crippen LogP contribution in [0.15, 0.2) is 36.4 Å². The Balaban J connectivity index is 1.93. The lowest BCUT2D eigenvalue weighted by Crippen LogP contribution is -2.37. The summed E-state index contributed by atoms with van der Waals surface area (Å²) in [5.41, 5.74) is 6.33. The first-order valence-electron chi connectivity index (χ1n) is 8.09. The van der Waals surface area contributed by atoms with E-state index in [0.29, 0.717) is 48.9 Å². The minimum absolute atomic E-state index is 0.209. The molecule has 2 N–H and O–H groups in total. The summed E-state index contributed by atoms with van der Waals surface area (Å²) < 4.78 is 46.4. The van der Waals surface area contributed by atoms with Gasteiger partial charge in [0.2, 0.25) is 0 Å². The van der Waals surface area contributed by atoms with Gasteiger partial charge in [-0.15, -0.1) is 5.10 Å². The normalized spacial score (nSPS) is 15.6. The third-order valence-corrected chi connectivity index (χ3v) is 4.26. The molecular weight excluding hydrogens is 347 g/mol. The molecule has 6 nitrogen and oxygen atoms in total. The van der Waals surface area contributed by atoms with Crippen molar-refractivity contribution in [1.29, 1.82) is 0 Å². The molecule has 1 aliphatic heterocycles. The number of benzene rings is 1. The Hall–Kier alpha value is -2.81.